The van der Waals surface area contributed by atoms with E-state index < -0.39 is 0 Å². The maximum absolute atomic E-state index is 6.22. The van der Waals surface area contributed by atoms with Crippen LogP contribution in [0.3, 0.4) is 0 Å². The lowest BCUT2D eigenvalue weighted by Gasteiger charge is -2.35. The molecule has 0 unspecified atom stereocenters. The molecule has 0 spiro atoms. The molecule has 1 fully saturated rings. The van der Waals surface area contributed by atoms with E-state index in [0.29, 0.717) is 11.0 Å². The van der Waals surface area contributed by atoms with Gasteiger partial charge in [-0.05, 0) is 5.56 Å². The second-order valence-electron chi connectivity index (χ2n) is 5.28. The Labute approximate surface area is 135 Å². The summed E-state index contributed by atoms with van der Waals surface area (Å²) in [5, 5.41) is 0.567. The van der Waals surface area contributed by atoms with Gasteiger partial charge in [-0.25, -0.2) is 4.98 Å². The van der Waals surface area contributed by atoms with Crippen LogP contribution in [-0.2, 0) is 6.54 Å². The van der Waals surface area contributed by atoms with Gasteiger partial charge >= 0.3 is 6.01 Å². The molecule has 1 saturated heterocycles. The molecule has 3 rings (SSSR count). The fraction of sp³-hybridized carbons (Fsp3) is 0.375. The summed E-state index contributed by atoms with van der Waals surface area (Å²) >= 11 is 6.22. The highest BCUT2D eigenvalue weighted by atomic mass is 35.5. The number of aromatic nitrogens is 2. The summed E-state index contributed by atoms with van der Waals surface area (Å²) in [4.78, 5) is 13.0. The monoisotopic (exact) mass is 318 g/mol. The van der Waals surface area contributed by atoms with Crippen LogP contribution in [0.1, 0.15) is 5.56 Å². The summed E-state index contributed by atoms with van der Waals surface area (Å²) in [6.07, 6.45) is 1.60. The van der Waals surface area contributed by atoms with E-state index in [1.54, 1.807) is 13.3 Å². The molecule has 1 aromatic heterocycles. The van der Waals surface area contributed by atoms with Crippen molar-refractivity contribution in [3.8, 4) is 6.01 Å². The largest absolute Gasteiger partial charge is 0.467 e. The molecule has 0 N–H and O–H groups in total. The lowest BCUT2D eigenvalue weighted by Crippen LogP contribution is -2.46. The molecule has 5 nitrogen and oxygen atoms in total. The molecule has 1 aromatic carbocycles. The zero-order valence-electron chi connectivity index (χ0n) is 12.6. The topological polar surface area (TPSA) is 41.5 Å². The van der Waals surface area contributed by atoms with Crippen molar-refractivity contribution in [1.82, 2.24) is 14.9 Å². The van der Waals surface area contributed by atoms with E-state index in [0.717, 1.165) is 38.5 Å². The summed E-state index contributed by atoms with van der Waals surface area (Å²) in [5.41, 5.74) is 1.35. The van der Waals surface area contributed by atoms with Gasteiger partial charge in [0, 0.05) is 32.7 Å². The third-order valence-electron chi connectivity index (χ3n) is 3.81. The minimum Gasteiger partial charge on any atom is -0.467 e. The number of ether oxygens (including phenoxy) is 1. The van der Waals surface area contributed by atoms with Crippen molar-refractivity contribution in [1.29, 1.82) is 0 Å². The second kappa shape index (κ2) is 6.94. The van der Waals surface area contributed by atoms with Gasteiger partial charge in [0.05, 0.1) is 13.3 Å². The third kappa shape index (κ3) is 3.48. The fourth-order valence-corrected chi connectivity index (χ4v) is 2.83. The second-order valence-corrected chi connectivity index (χ2v) is 5.68. The SMILES string of the molecule is COc1ncc(Cl)c(N2CCN(Cc3ccccc3)CC2)n1. The van der Waals surface area contributed by atoms with Gasteiger partial charge in [0.1, 0.15) is 5.02 Å². The van der Waals surface area contributed by atoms with Crippen LogP contribution < -0.4 is 9.64 Å². The Morgan fingerprint density at radius 1 is 1.14 bits per heavy atom. The number of nitrogens with zero attached hydrogens (tertiary/aromatic N) is 4. The highest BCUT2D eigenvalue weighted by Crippen LogP contribution is 2.25. The van der Waals surface area contributed by atoms with E-state index in [9.17, 15) is 0 Å². The summed E-state index contributed by atoms with van der Waals surface area (Å²) in [5.74, 6) is 0.757. The van der Waals surface area contributed by atoms with Gasteiger partial charge in [0.25, 0.3) is 0 Å². The highest BCUT2D eigenvalue weighted by molar-refractivity contribution is 6.32. The van der Waals surface area contributed by atoms with Crippen molar-refractivity contribution in [2.45, 2.75) is 6.54 Å². The number of methoxy groups -OCH3 is 1. The molecule has 1 aliphatic heterocycles. The average Bonchev–Trinajstić information content (AvgIpc) is 2.57. The molecule has 2 heterocycles. The van der Waals surface area contributed by atoms with E-state index in [-0.39, 0.29) is 0 Å². The molecule has 22 heavy (non-hydrogen) atoms. The first-order valence-corrected chi connectivity index (χ1v) is 7.72. The maximum atomic E-state index is 6.22. The van der Waals surface area contributed by atoms with Crippen LogP contribution in [0.2, 0.25) is 5.02 Å². The Kier molecular flexibility index (Phi) is 4.75. The lowest BCUT2D eigenvalue weighted by atomic mass is 10.2. The molecule has 0 aliphatic carbocycles. The van der Waals surface area contributed by atoms with Crippen LogP contribution in [0.5, 0.6) is 6.01 Å². The van der Waals surface area contributed by atoms with Gasteiger partial charge in [-0.3, -0.25) is 4.90 Å². The molecule has 2 aromatic rings. The number of hydrogen-bond donors (Lipinski definition) is 0. The Balaban J connectivity index is 1.62. The Morgan fingerprint density at radius 2 is 1.86 bits per heavy atom. The number of hydrogen-bond acceptors (Lipinski definition) is 5. The Hall–Kier alpha value is -1.85. The Morgan fingerprint density at radius 3 is 2.55 bits per heavy atom. The van der Waals surface area contributed by atoms with E-state index in [4.69, 9.17) is 16.3 Å². The van der Waals surface area contributed by atoms with Crippen molar-refractivity contribution >= 4 is 17.4 Å². The maximum Gasteiger partial charge on any atom is 0.318 e. The number of rotatable bonds is 4. The molecule has 0 amide bonds. The fourth-order valence-electron chi connectivity index (χ4n) is 2.62. The van der Waals surface area contributed by atoms with E-state index >= 15 is 0 Å². The lowest BCUT2D eigenvalue weighted by molar-refractivity contribution is 0.249. The van der Waals surface area contributed by atoms with Gasteiger partial charge in [-0.2, -0.15) is 4.98 Å². The number of benzene rings is 1. The Bertz CT molecular complexity index is 615. The van der Waals surface area contributed by atoms with E-state index in [1.807, 2.05) is 6.07 Å². The smallest absolute Gasteiger partial charge is 0.318 e. The van der Waals surface area contributed by atoms with E-state index in [2.05, 4.69) is 44.0 Å². The molecular formula is C16H19ClN4O. The highest BCUT2D eigenvalue weighted by Gasteiger charge is 2.20. The first-order chi connectivity index (χ1) is 10.8. The van der Waals surface area contributed by atoms with Crippen LogP contribution in [0.4, 0.5) is 5.82 Å². The predicted molar refractivity (Wildman–Crippen MR) is 87.5 cm³/mol. The van der Waals surface area contributed by atoms with Gasteiger partial charge in [0.2, 0.25) is 0 Å². The molecule has 0 saturated carbocycles. The summed E-state index contributed by atoms with van der Waals surface area (Å²) in [6, 6.07) is 10.9. The number of anilines is 1. The van der Waals surface area contributed by atoms with Gasteiger partial charge in [-0.1, -0.05) is 41.9 Å². The van der Waals surface area contributed by atoms with Crippen LogP contribution in [-0.4, -0.2) is 48.2 Å². The van der Waals surface area contributed by atoms with Crippen molar-refractivity contribution in [2.75, 3.05) is 38.2 Å². The van der Waals surface area contributed by atoms with Gasteiger partial charge in [-0.15, -0.1) is 0 Å². The first-order valence-electron chi connectivity index (χ1n) is 7.34. The molecular weight excluding hydrogens is 300 g/mol. The van der Waals surface area contributed by atoms with Crippen LogP contribution >= 0.6 is 11.6 Å². The summed E-state index contributed by atoms with van der Waals surface area (Å²) in [6.45, 7) is 4.74. The summed E-state index contributed by atoms with van der Waals surface area (Å²) < 4.78 is 5.08. The van der Waals surface area contributed by atoms with Crippen LogP contribution in [0.25, 0.3) is 0 Å². The van der Waals surface area contributed by atoms with Crippen molar-refractivity contribution in [3.63, 3.8) is 0 Å². The average molecular weight is 319 g/mol. The van der Waals surface area contributed by atoms with Crippen molar-refractivity contribution in [3.05, 3.63) is 47.1 Å². The predicted octanol–water partition coefficient (Wildman–Crippen LogP) is 2.46. The quantitative estimate of drug-likeness (QED) is 0.866. The number of piperazine rings is 1. The zero-order valence-corrected chi connectivity index (χ0v) is 13.3. The van der Waals surface area contributed by atoms with Gasteiger partial charge in [0.15, 0.2) is 5.82 Å². The minimum absolute atomic E-state index is 0.353. The van der Waals surface area contributed by atoms with Gasteiger partial charge < -0.3 is 9.64 Å². The summed E-state index contributed by atoms with van der Waals surface area (Å²) in [7, 11) is 1.56. The molecule has 0 bridgehead atoms. The van der Waals surface area contributed by atoms with Crippen LogP contribution in [0.15, 0.2) is 36.5 Å². The van der Waals surface area contributed by atoms with Crippen LogP contribution in [0, 0.1) is 0 Å². The zero-order chi connectivity index (χ0) is 15.4. The minimum atomic E-state index is 0.353. The molecule has 1 aliphatic rings. The van der Waals surface area contributed by atoms with E-state index in [1.165, 1.54) is 5.56 Å². The van der Waals surface area contributed by atoms with Crippen molar-refractivity contribution in [2.24, 2.45) is 0 Å². The molecule has 0 radical (unpaired) electrons. The third-order valence-corrected chi connectivity index (χ3v) is 4.07. The van der Waals surface area contributed by atoms with Crippen molar-refractivity contribution < 1.29 is 4.74 Å². The molecule has 116 valence electrons. The molecule has 6 heteroatoms. The molecule has 0 atom stereocenters. The normalized spacial score (nSPS) is 15.8. The first kappa shape index (κ1) is 15.1. The number of halogens is 1. The standard InChI is InChI=1S/C16H19ClN4O/c1-22-16-18-11-14(17)15(19-16)21-9-7-20(8-10-21)12-13-5-3-2-4-6-13/h2-6,11H,7-10,12H2,1H3.